The van der Waals surface area contributed by atoms with Crippen molar-refractivity contribution in [2.45, 2.75) is 12.1 Å². The maximum absolute atomic E-state index is 12.0. The van der Waals surface area contributed by atoms with Gasteiger partial charge in [0.1, 0.15) is 19.2 Å². The molecule has 9 nitrogen and oxygen atoms in total. The number of aliphatic carboxylic acids is 1. The maximum Gasteiger partial charge on any atom is 0.349 e. The Morgan fingerprint density at radius 2 is 1.55 bits per heavy atom. The molecule has 1 unspecified atom stereocenters. The second-order valence-electron chi connectivity index (χ2n) is 5.90. The Labute approximate surface area is 166 Å². The minimum absolute atomic E-state index is 0.265. The molecule has 0 saturated carbocycles. The van der Waals surface area contributed by atoms with Gasteiger partial charge < -0.3 is 25.6 Å². The fourth-order valence-corrected chi connectivity index (χ4v) is 2.24. The number of esters is 2. The number of nitrogens with two attached hydrogens (primary N) is 1. The summed E-state index contributed by atoms with van der Waals surface area (Å²) in [7, 11) is 0. The van der Waals surface area contributed by atoms with Crippen molar-refractivity contribution in [2.75, 3.05) is 13.2 Å². The molecule has 9 heteroatoms. The topological polar surface area (TPSA) is 145 Å². The molecular weight excluding hydrogens is 380 g/mol. The van der Waals surface area contributed by atoms with Gasteiger partial charge in [-0.2, -0.15) is 0 Å². The van der Waals surface area contributed by atoms with Crippen LogP contribution in [0.5, 0.6) is 0 Å². The third-order valence-corrected chi connectivity index (χ3v) is 3.72. The third kappa shape index (κ3) is 6.74. The molecule has 0 bridgehead atoms. The number of carbonyl (C=O) groups is 4. The molecule has 0 heterocycles. The zero-order valence-electron chi connectivity index (χ0n) is 15.3. The van der Waals surface area contributed by atoms with Gasteiger partial charge >= 0.3 is 17.9 Å². The van der Waals surface area contributed by atoms with Crippen molar-refractivity contribution < 1.29 is 33.8 Å². The molecule has 152 valence electrons. The van der Waals surface area contributed by atoms with E-state index in [1.54, 1.807) is 48.5 Å². The van der Waals surface area contributed by atoms with Crippen molar-refractivity contribution in [1.29, 1.82) is 0 Å². The van der Waals surface area contributed by atoms with E-state index in [1.165, 1.54) is 12.1 Å². The fourth-order valence-electron chi connectivity index (χ4n) is 2.24. The lowest BCUT2D eigenvalue weighted by molar-refractivity contribution is -0.167. The number of nitrogens with one attached hydrogen (secondary N) is 1. The molecule has 0 spiro atoms. The smallest absolute Gasteiger partial charge is 0.349 e. The summed E-state index contributed by atoms with van der Waals surface area (Å²) < 4.78 is 9.76. The van der Waals surface area contributed by atoms with Gasteiger partial charge in [0.15, 0.2) is 0 Å². The normalized spacial score (nSPS) is 12.3. The minimum Gasteiger partial charge on any atom is -0.478 e. The Balaban J connectivity index is 1.79. The SMILES string of the molecule is N[C@@H](COC(=O)CNC(=O)c1ccccc1)C(=O)OC(C(=O)O)c1ccccc1. The lowest BCUT2D eigenvalue weighted by atomic mass is 10.1. The van der Waals surface area contributed by atoms with Gasteiger partial charge in [0.05, 0.1) is 0 Å². The van der Waals surface area contributed by atoms with Gasteiger partial charge in [-0.15, -0.1) is 0 Å². The van der Waals surface area contributed by atoms with Crippen molar-refractivity contribution in [3.8, 4) is 0 Å². The van der Waals surface area contributed by atoms with E-state index in [9.17, 15) is 24.3 Å². The zero-order valence-corrected chi connectivity index (χ0v) is 15.3. The van der Waals surface area contributed by atoms with Crippen molar-refractivity contribution in [3.05, 3.63) is 71.8 Å². The number of carboxylic acids is 1. The Bertz CT molecular complexity index is 856. The quantitative estimate of drug-likeness (QED) is 0.521. The molecular formula is C20H20N2O7. The van der Waals surface area contributed by atoms with E-state index in [0.717, 1.165) is 0 Å². The number of amides is 1. The summed E-state index contributed by atoms with van der Waals surface area (Å²) in [6.07, 6.45) is -1.53. The minimum atomic E-state index is -1.53. The van der Waals surface area contributed by atoms with Crippen molar-refractivity contribution in [3.63, 3.8) is 0 Å². The zero-order chi connectivity index (χ0) is 21.2. The number of hydrogen-bond acceptors (Lipinski definition) is 7. The van der Waals surface area contributed by atoms with Gasteiger partial charge in [0, 0.05) is 11.1 Å². The summed E-state index contributed by atoms with van der Waals surface area (Å²) in [5, 5.41) is 11.6. The van der Waals surface area contributed by atoms with Crippen LogP contribution in [-0.2, 0) is 23.9 Å². The lowest BCUT2D eigenvalue weighted by Crippen LogP contribution is -2.40. The van der Waals surface area contributed by atoms with Gasteiger partial charge in [-0.1, -0.05) is 48.5 Å². The van der Waals surface area contributed by atoms with Gasteiger partial charge in [0.25, 0.3) is 5.91 Å². The Morgan fingerprint density at radius 1 is 0.966 bits per heavy atom. The predicted molar refractivity (Wildman–Crippen MR) is 101 cm³/mol. The highest BCUT2D eigenvalue weighted by Crippen LogP contribution is 2.18. The standard InChI is InChI=1S/C20H20N2O7/c21-15(20(27)29-17(19(25)26)13-7-3-1-4-8-13)12-28-16(23)11-22-18(24)14-9-5-2-6-10-14/h1-10,15,17H,11-12,21H2,(H,22,24)(H,25,26)/t15-,17?/m0/s1. The number of hydrogen-bond donors (Lipinski definition) is 3. The molecule has 0 aromatic heterocycles. The summed E-state index contributed by atoms with van der Waals surface area (Å²) in [4.78, 5) is 46.9. The Kier molecular flexibility index (Phi) is 7.87. The highest BCUT2D eigenvalue weighted by atomic mass is 16.6. The molecule has 2 atom stereocenters. The number of benzene rings is 2. The molecule has 0 aliphatic rings. The molecule has 2 aromatic carbocycles. The van der Waals surface area contributed by atoms with E-state index in [1.807, 2.05) is 0 Å². The molecule has 2 rings (SSSR count). The molecule has 0 fully saturated rings. The van der Waals surface area contributed by atoms with Crippen LogP contribution >= 0.6 is 0 Å². The first-order chi connectivity index (χ1) is 13.9. The lowest BCUT2D eigenvalue weighted by Gasteiger charge is -2.17. The summed E-state index contributed by atoms with van der Waals surface area (Å²) in [5.74, 6) is -3.67. The van der Waals surface area contributed by atoms with Crippen molar-refractivity contribution >= 4 is 23.8 Å². The average Bonchev–Trinajstić information content (AvgIpc) is 2.74. The van der Waals surface area contributed by atoms with E-state index in [0.29, 0.717) is 5.56 Å². The second-order valence-corrected chi connectivity index (χ2v) is 5.90. The molecule has 29 heavy (non-hydrogen) atoms. The van der Waals surface area contributed by atoms with E-state index < -0.39 is 49.1 Å². The fraction of sp³-hybridized carbons (Fsp3) is 0.200. The van der Waals surface area contributed by atoms with Crippen LogP contribution in [0.2, 0.25) is 0 Å². The van der Waals surface area contributed by atoms with Crippen LogP contribution in [0.4, 0.5) is 0 Å². The molecule has 1 amide bonds. The van der Waals surface area contributed by atoms with Crippen LogP contribution in [0.25, 0.3) is 0 Å². The number of carboxylic acid groups (broad SMARTS) is 1. The van der Waals surface area contributed by atoms with Crippen LogP contribution in [0, 0.1) is 0 Å². The summed E-state index contributed by atoms with van der Waals surface area (Å²) in [6.45, 7) is -0.947. The van der Waals surface area contributed by atoms with Gasteiger partial charge in [-0.3, -0.25) is 14.4 Å². The highest BCUT2D eigenvalue weighted by Gasteiger charge is 2.27. The van der Waals surface area contributed by atoms with Gasteiger partial charge in [-0.05, 0) is 12.1 Å². The number of rotatable bonds is 9. The largest absolute Gasteiger partial charge is 0.478 e. The molecule has 0 saturated heterocycles. The van der Waals surface area contributed by atoms with Crippen molar-refractivity contribution in [1.82, 2.24) is 5.32 Å². The first-order valence-corrected chi connectivity index (χ1v) is 8.61. The average molecular weight is 400 g/mol. The maximum atomic E-state index is 12.0. The van der Waals surface area contributed by atoms with E-state index >= 15 is 0 Å². The van der Waals surface area contributed by atoms with E-state index in [4.69, 9.17) is 15.2 Å². The van der Waals surface area contributed by atoms with Crippen LogP contribution in [0.1, 0.15) is 22.0 Å². The molecule has 0 aliphatic heterocycles. The van der Waals surface area contributed by atoms with E-state index in [-0.39, 0.29) is 5.56 Å². The summed E-state index contributed by atoms with van der Waals surface area (Å²) in [6, 6.07) is 14.8. The molecule has 4 N–H and O–H groups in total. The van der Waals surface area contributed by atoms with Crippen LogP contribution < -0.4 is 11.1 Å². The second kappa shape index (κ2) is 10.6. The predicted octanol–water partition coefficient (Wildman–Crippen LogP) is 0.656. The third-order valence-electron chi connectivity index (χ3n) is 3.72. The molecule has 0 aliphatic carbocycles. The summed E-state index contributed by atoms with van der Waals surface area (Å²) in [5.41, 5.74) is 6.25. The van der Waals surface area contributed by atoms with Gasteiger partial charge in [-0.25, -0.2) is 4.79 Å². The van der Waals surface area contributed by atoms with E-state index in [2.05, 4.69) is 5.32 Å². The molecule has 0 radical (unpaired) electrons. The molecule has 2 aromatic rings. The monoisotopic (exact) mass is 400 g/mol. The van der Waals surface area contributed by atoms with Crippen LogP contribution in [-0.4, -0.2) is 48.1 Å². The highest BCUT2D eigenvalue weighted by molar-refractivity contribution is 5.95. The van der Waals surface area contributed by atoms with Crippen LogP contribution in [0.3, 0.4) is 0 Å². The number of ether oxygens (including phenoxy) is 2. The number of carbonyl (C=O) groups excluding carboxylic acids is 3. The first kappa shape index (κ1) is 21.6. The van der Waals surface area contributed by atoms with Crippen molar-refractivity contribution in [2.24, 2.45) is 5.73 Å². The Morgan fingerprint density at radius 3 is 2.14 bits per heavy atom. The Hall–Kier alpha value is -3.72. The van der Waals surface area contributed by atoms with Crippen LogP contribution in [0.15, 0.2) is 60.7 Å². The summed E-state index contributed by atoms with van der Waals surface area (Å²) >= 11 is 0. The van der Waals surface area contributed by atoms with Gasteiger partial charge in [0.2, 0.25) is 6.10 Å². The first-order valence-electron chi connectivity index (χ1n) is 8.61.